The first-order chi connectivity index (χ1) is 8.39. The zero-order valence-corrected chi connectivity index (χ0v) is 10.3. The molecule has 1 aliphatic heterocycles. The maximum atomic E-state index is 13.0. The molecule has 1 saturated heterocycles. The Morgan fingerprint density at radius 2 is 2.00 bits per heavy atom. The fraction of sp³-hybridized carbons (Fsp3) is 0.538. The molecule has 0 aliphatic carbocycles. The van der Waals surface area contributed by atoms with Crippen LogP contribution in [0.4, 0.5) is 24.5 Å². The number of piperidine rings is 1. The first kappa shape index (κ1) is 13.1. The molecular formula is C13H17F3N2. The summed E-state index contributed by atoms with van der Waals surface area (Å²) in [6.07, 6.45) is -1.41. The van der Waals surface area contributed by atoms with E-state index in [1.807, 2.05) is 11.8 Å². The molecule has 2 N–H and O–H groups in total. The minimum absolute atomic E-state index is 0.142. The van der Waals surface area contributed by atoms with E-state index in [9.17, 15) is 13.2 Å². The van der Waals surface area contributed by atoms with Gasteiger partial charge in [0.15, 0.2) is 0 Å². The Balaban J connectivity index is 2.43. The summed E-state index contributed by atoms with van der Waals surface area (Å²) in [5.41, 5.74) is 5.24. The van der Waals surface area contributed by atoms with E-state index in [0.29, 0.717) is 6.54 Å². The van der Waals surface area contributed by atoms with Crippen LogP contribution in [0.15, 0.2) is 18.2 Å². The van der Waals surface area contributed by atoms with Crippen molar-refractivity contribution in [3.63, 3.8) is 0 Å². The fourth-order valence-electron chi connectivity index (χ4n) is 2.49. The van der Waals surface area contributed by atoms with Gasteiger partial charge in [-0.05, 0) is 44.4 Å². The molecule has 0 spiro atoms. The van der Waals surface area contributed by atoms with Gasteiger partial charge in [-0.15, -0.1) is 0 Å². The Morgan fingerprint density at radius 3 is 2.61 bits per heavy atom. The van der Waals surface area contributed by atoms with E-state index in [1.165, 1.54) is 12.1 Å². The van der Waals surface area contributed by atoms with Gasteiger partial charge < -0.3 is 10.6 Å². The third-order valence-corrected chi connectivity index (χ3v) is 3.44. The molecule has 1 atom stereocenters. The zero-order chi connectivity index (χ0) is 13.3. The van der Waals surface area contributed by atoms with Crippen LogP contribution in [-0.4, -0.2) is 12.6 Å². The Morgan fingerprint density at radius 1 is 1.28 bits per heavy atom. The van der Waals surface area contributed by atoms with Gasteiger partial charge in [0, 0.05) is 24.0 Å². The summed E-state index contributed by atoms with van der Waals surface area (Å²) in [5.74, 6) is 0. The number of alkyl halides is 3. The number of hydrogen-bond acceptors (Lipinski definition) is 2. The molecule has 0 amide bonds. The number of halogens is 3. The number of benzene rings is 1. The smallest absolute Gasteiger partial charge is 0.399 e. The maximum Gasteiger partial charge on any atom is 0.418 e. The van der Waals surface area contributed by atoms with Crippen molar-refractivity contribution in [2.24, 2.45) is 0 Å². The number of hydrogen-bond donors (Lipinski definition) is 1. The highest BCUT2D eigenvalue weighted by Gasteiger charge is 2.36. The fourth-order valence-corrected chi connectivity index (χ4v) is 2.49. The Hall–Kier alpha value is -1.39. The maximum absolute atomic E-state index is 13.0. The van der Waals surface area contributed by atoms with Crippen LogP contribution in [0.3, 0.4) is 0 Å². The Labute approximate surface area is 105 Å². The van der Waals surface area contributed by atoms with Gasteiger partial charge in [-0.3, -0.25) is 0 Å². The summed E-state index contributed by atoms with van der Waals surface area (Å²) in [6, 6.07) is 4.19. The molecule has 2 rings (SSSR count). The summed E-state index contributed by atoms with van der Waals surface area (Å²) in [6.45, 7) is 2.64. The van der Waals surface area contributed by atoms with Crippen molar-refractivity contribution in [2.45, 2.75) is 38.4 Å². The van der Waals surface area contributed by atoms with Gasteiger partial charge in [0.25, 0.3) is 0 Å². The lowest BCUT2D eigenvalue weighted by atomic mass is 10.0. The quantitative estimate of drug-likeness (QED) is 0.779. The molecule has 18 heavy (non-hydrogen) atoms. The van der Waals surface area contributed by atoms with Crippen molar-refractivity contribution in [1.29, 1.82) is 0 Å². The van der Waals surface area contributed by atoms with Crippen molar-refractivity contribution in [3.8, 4) is 0 Å². The van der Waals surface area contributed by atoms with Crippen LogP contribution in [-0.2, 0) is 6.18 Å². The molecule has 2 nitrogen and oxygen atoms in total. The van der Waals surface area contributed by atoms with Crippen molar-refractivity contribution >= 4 is 11.4 Å². The predicted molar refractivity (Wildman–Crippen MR) is 66.5 cm³/mol. The summed E-state index contributed by atoms with van der Waals surface area (Å²) >= 11 is 0. The standard InChI is InChI=1S/C13H17F3N2/c1-9-4-2-3-7-18(9)12-6-5-10(17)8-11(12)13(14,15)16/h5-6,8-9H,2-4,7,17H2,1H3/t9-/m0/s1. The average molecular weight is 258 g/mol. The lowest BCUT2D eigenvalue weighted by Crippen LogP contribution is -2.38. The second-order valence-corrected chi connectivity index (χ2v) is 4.81. The van der Waals surface area contributed by atoms with E-state index in [2.05, 4.69) is 0 Å². The molecular weight excluding hydrogens is 241 g/mol. The van der Waals surface area contributed by atoms with Gasteiger partial charge in [-0.2, -0.15) is 13.2 Å². The van der Waals surface area contributed by atoms with Gasteiger partial charge >= 0.3 is 6.18 Å². The normalized spacial score (nSPS) is 21.1. The van der Waals surface area contributed by atoms with Gasteiger partial charge in [0.05, 0.1) is 5.56 Å². The average Bonchev–Trinajstić information content (AvgIpc) is 2.29. The third kappa shape index (κ3) is 2.54. The largest absolute Gasteiger partial charge is 0.418 e. The highest BCUT2D eigenvalue weighted by molar-refractivity contribution is 5.61. The predicted octanol–water partition coefficient (Wildman–Crippen LogP) is 3.67. The third-order valence-electron chi connectivity index (χ3n) is 3.44. The molecule has 5 heteroatoms. The topological polar surface area (TPSA) is 29.3 Å². The number of rotatable bonds is 1. The van der Waals surface area contributed by atoms with Crippen molar-refractivity contribution < 1.29 is 13.2 Å². The van der Waals surface area contributed by atoms with E-state index in [-0.39, 0.29) is 17.4 Å². The van der Waals surface area contributed by atoms with Crippen molar-refractivity contribution in [1.82, 2.24) is 0 Å². The number of nitrogens with two attached hydrogens (primary N) is 1. The Bertz CT molecular complexity index is 429. The molecule has 1 aromatic carbocycles. The van der Waals surface area contributed by atoms with Crippen LogP contribution in [0, 0.1) is 0 Å². The molecule has 1 aliphatic rings. The first-order valence-electron chi connectivity index (χ1n) is 6.13. The lowest BCUT2D eigenvalue weighted by Gasteiger charge is -2.37. The van der Waals surface area contributed by atoms with Crippen LogP contribution >= 0.6 is 0 Å². The molecule has 1 heterocycles. The van der Waals surface area contributed by atoms with E-state index < -0.39 is 11.7 Å². The molecule has 0 unspecified atom stereocenters. The summed E-state index contributed by atoms with van der Waals surface area (Å²) < 4.78 is 39.1. The number of nitrogens with zero attached hydrogens (tertiary/aromatic N) is 1. The SMILES string of the molecule is C[C@H]1CCCCN1c1ccc(N)cc1C(F)(F)F. The second kappa shape index (κ2) is 4.71. The Kier molecular flexibility index (Phi) is 3.41. The van der Waals surface area contributed by atoms with Gasteiger partial charge in [0.1, 0.15) is 0 Å². The van der Waals surface area contributed by atoms with Crippen molar-refractivity contribution in [2.75, 3.05) is 17.2 Å². The van der Waals surface area contributed by atoms with Gasteiger partial charge in [-0.25, -0.2) is 0 Å². The molecule has 1 aromatic rings. The van der Waals surface area contributed by atoms with Crippen molar-refractivity contribution in [3.05, 3.63) is 23.8 Å². The minimum Gasteiger partial charge on any atom is -0.399 e. The number of anilines is 2. The highest BCUT2D eigenvalue weighted by Crippen LogP contribution is 2.39. The summed E-state index contributed by atoms with van der Waals surface area (Å²) in [5, 5.41) is 0. The molecule has 1 fully saturated rings. The lowest BCUT2D eigenvalue weighted by molar-refractivity contribution is -0.137. The van der Waals surface area contributed by atoms with Crippen LogP contribution in [0.25, 0.3) is 0 Å². The summed E-state index contributed by atoms with van der Waals surface area (Å²) in [7, 11) is 0. The zero-order valence-electron chi connectivity index (χ0n) is 10.3. The van der Waals surface area contributed by atoms with E-state index in [4.69, 9.17) is 5.73 Å². The monoisotopic (exact) mass is 258 g/mol. The summed E-state index contributed by atoms with van der Waals surface area (Å²) in [4.78, 5) is 1.84. The first-order valence-corrected chi connectivity index (χ1v) is 6.13. The van der Waals surface area contributed by atoms with E-state index >= 15 is 0 Å². The number of nitrogen functional groups attached to an aromatic ring is 1. The second-order valence-electron chi connectivity index (χ2n) is 4.81. The van der Waals surface area contributed by atoms with Crippen LogP contribution in [0.5, 0.6) is 0 Å². The van der Waals surface area contributed by atoms with Crippen LogP contribution in [0.1, 0.15) is 31.7 Å². The van der Waals surface area contributed by atoms with E-state index in [0.717, 1.165) is 25.3 Å². The molecule has 0 saturated carbocycles. The van der Waals surface area contributed by atoms with Gasteiger partial charge in [-0.1, -0.05) is 0 Å². The molecule has 100 valence electrons. The van der Waals surface area contributed by atoms with Crippen LogP contribution < -0.4 is 10.6 Å². The molecule has 0 aromatic heterocycles. The minimum atomic E-state index is -4.36. The van der Waals surface area contributed by atoms with Gasteiger partial charge in [0.2, 0.25) is 0 Å². The highest BCUT2D eigenvalue weighted by atomic mass is 19.4. The molecule has 0 bridgehead atoms. The van der Waals surface area contributed by atoms with Crippen LogP contribution in [0.2, 0.25) is 0 Å². The molecule has 0 radical (unpaired) electrons. The van der Waals surface area contributed by atoms with E-state index in [1.54, 1.807) is 0 Å².